The average molecular weight is 245 g/mol. The lowest BCUT2D eigenvalue weighted by atomic mass is 10.2. The molecule has 1 N–H and O–H groups in total. The SMILES string of the molecule is Cc1ccccc1NC(=O)CN(C)CC(C)C#N. The Hall–Kier alpha value is -1.86. The smallest absolute Gasteiger partial charge is 0.238 e. The summed E-state index contributed by atoms with van der Waals surface area (Å²) in [5.74, 6) is -0.127. The second kappa shape index (κ2) is 6.77. The molecule has 18 heavy (non-hydrogen) atoms. The summed E-state index contributed by atoms with van der Waals surface area (Å²) in [6.45, 7) is 4.69. The maximum atomic E-state index is 11.8. The lowest BCUT2D eigenvalue weighted by Gasteiger charge is -2.17. The standard InChI is InChI=1S/C14H19N3O/c1-11(8-15)9-17(3)10-14(18)16-13-7-5-4-6-12(13)2/h4-7,11H,9-10H2,1-3H3,(H,16,18). The molecule has 1 rings (SSSR count). The lowest BCUT2D eigenvalue weighted by Crippen LogP contribution is -2.33. The molecule has 0 radical (unpaired) electrons. The highest BCUT2D eigenvalue weighted by atomic mass is 16.2. The van der Waals surface area contributed by atoms with E-state index in [4.69, 9.17) is 5.26 Å². The number of rotatable bonds is 5. The van der Waals surface area contributed by atoms with Gasteiger partial charge in [0.1, 0.15) is 0 Å². The summed E-state index contributed by atoms with van der Waals surface area (Å²) >= 11 is 0. The number of nitrogens with one attached hydrogen (secondary N) is 1. The van der Waals surface area contributed by atoms with Crippen molar-refractivity contribution in [3.05, 3.63) is 29.8 Å². The van der Waals surface area contributed by atoms with E-state index in [0.717, 1.165) is 11.3 Å². The van der Waals surface area contributed by atoms with Crippen molar-refractivity contribution in [1.82, 2.24) is 4.90 Å². The molecule has 0 saturated heterocycles. The van der Waals surface area contributed by atoms with Crippen molar-refractivity contribution in [3.8, 4) is 6.07 Å². The van der Waals surface area contributed by atoms with Crippen LogP contribution in [0.5, 0.6) is 0 Å². The number of para-hydroxylation sites is 1. The third kappa shape index (κ3) is 4.56. The molecule has 96 valence electrons. The van der Waals surface area contributed by atoms with Gasteiger partial charge in [0.2, 0.25) is 5.91 Å². The number of amides is 1. The van der Waals surface area contributed by atoms with Crippen molar-refractivity contribution in [2.45, 2.75) is 13.8 Å². The molecular formula is C14H19N3O. The van der Waals surface area contributed by atoms with Crippen molar-refractivity contribution >= 4 is 11.6 Å². The number of hydrogen-bond donors (Lipinski definition) is 1. The fourth-order valence-corrected chi connectivity index (χ4v) is 1.72. The molecule has 0 heterocycles. The van der Waals surface area contributed by atoms with E-state index in [1.807, 2.05) is 50.1 Å². The van der Waals surface area contributed by atoms with Gasteiger partial charge in [0, 0.05) is 12.2 Å². The Morgan fingerprint density at radius 3 is 2.78 bits per heavy atom. The third-order valence-corrected chi connectivity index (χ3v) is 2.64. The van der Waals surface area contributed by atoms with E-state index in [1.165, 1.54) is 0 Å². The lowest BCUT2D eigenvalue weighted by molar-refractivity contribution is -0.117. The zero-order valence-electron chi connectivity index (χ0n) is 11.1. The number of carbonyl (C=O) groups excluding carboxylic acids is 1. The van der Waals surface area contributed by atoms with Gasteiger partial charge in [-0.15, -0.1) is 0 Å². The molecule has 4 heteroatoms. The van der Waals surface area contributed by atoms with Gasteiger partial charge < -0.3 is 5.32 Å². The highest BCUT2D eigenvalue weighted by molar-refractivity contribution is 5.92. The monoisotopic (exact) mass is 245 g/mol. The highest BCUT2D eigenvalue weighted by Gasteiger charge is 2.10. The fraction of sp³-hybridized carbons (Fsp3) is 0.429. The van der Waals surface area contributed by atoms with E-state index in [9.17, 15) is 4.79 Å². The summed E-state index contributed by atoms with van der Waals surface area (Å²) in [4.78, 5) is 13.7. The van der Waals surface area contributed by atoms with E-state index in [2.05, 4.69) is 11.4 Å². The molecule has 0 aliphatic carbocycles. The van der Waals surface area contributed by atoms with E-state index < -0.39 is 0 Å². The molecule has 0 aliphatic heterocycles. The molecule has 0 aromatic heterocycles. The molecule has 0 fully saturated rings. The molecule has 0 spiro atoms. The Labute approximate surface area is 108 Å². The van der Waals surface area contributed by atoms with Crippen LogP contribution in [0.25, 0.3) is 0 Å². The molecule has 1 unspecified atom stereocenters. The van der Waals surface area contributed by atoms with Crippen molar-refractivity contribution < 1.29 is 4.79 Å². The second-order valence-corrected chi connectivity index (χ2v) is 4.59. The number of anilines is 1. The van der Waals surface area contributed by atoms with Crippen molar-refractivity contribution in [2.75, 3.05) is 25.5 Å². The number of nitrogens with zero attached hydrogens (tertiary/aromatic N) is 2. The number of benzene rings is 1. The van der Waals surface area contributed by atoms with Crippen LogP contribution in [0.1, 0.15) is 12.5 Å². The predicted molar refractivity (Wildman–Crippen MR) is 72.1 cm³/mol. The fourth-order valence-electron chi connectivity index (χ4n) is 1.72. The van der Waals surface area contributed by atoms with Crippen LogP contribution in [-0.2, 0) is 4.79 Å². The van der Waals surface area contributed by atoms with Crippen LogP contribution in [0, 0.1) is 24.2 Å². The summed E-state index contributed by atoms with van der Waals surface area (Å²) in [7, 11) is 1.84. The Balaban J connectivity index is 2.48. The third-order valence-electron chi connectivity index (χ3n) is 2.64. The highest BCUT2D eigenvalue weighted by Crippen LogP contribution is 2.12. The first-order valence-electron chi connectivity index (χ1n) is 5.96. The van der Waals surface area contributed by atoms with Crippen LogP contribution in [0.4, 0.5) is 5.69 Å². The minimum Gasteiger partial charge on any atom is -0.325 e. The van der Waals surface area contributed by atoms with Crippen LogP contribution in [-0.4, -0.2) is 30.9 Å². The van der Waals surface area contributed by atoms with E-state index in [0.29, 0.717) is 13.1 Å². The zero-order valence-corrected chi connectivity index (χ0v) is 11.1. The summed E-state index contributed by atoms with van der Waals surface area (Å²) in [6, 6.07) is 9.82. The number of aryl methyl sites for hydroxylation is 1. The molecule has 0 aliphatic rings. The van der Waals surface area contributed by atoms with E-state index >= 15 is 0 Å². The van der Waals surface area contributed by atoms with Gasteiger partial charge in [-0.3, -0.25) is 9.69 Å². The summed E-state index contributed by atoms with van der Waals surface area (Å²) in [5, 5.41) is 11.6. The van der Waals surface area contributed by atoms with Gasteiger partial charge >= 0.3 is 0 Å². The van der Waals surface area contributed by atoms with Crippen LogP contribution >= 0.6 is 0 Å². The summed E-state index contributed by atoms with van der Waals surface area (Å²) in [5.41, 5.74) is 1.88. The normalized spacial score (nSPS) is 11.9. The van der Waals surface area contributed by atoms with E-state index in [-0.39, 0.29) is 11.8 Å². The molecule has 1 aromatic carbocycles. The number of nitriles is 1. The van der Waals surface area contributed by atoms with Gasteiger partial charge in [-0.2, -0.15) is 5.26 Å². The molecule has 1 atom stereocenters. The average Bonchev–Trinajstić information content (AvgIpc) is 2.31. The van der Waals surface area contributed by atoms with Gasteiger partial charge in [0.25, 0.3) is 0 Å². The number of hydrogen-bond acceptors (Lipinski definition) is 3. The molecule has 0 bridgehead atoms. The minimum absolute atomic E-state index is 0.0584. The van der Waals surface area contributed by atoms with Crippen molar-refractivity contribution in [3.63, 3.8) is 0 Å². The zero-order chi connectivity index (χ0) is 13.5. The quantitative estimate of drug-likeness (QED) is 0.863. The van der Waals surface area contributed by atoms with Gasteiger partial charge in [0.15, 0.2) is 0 Å². The van der Waals surface area contributed by atoms with Crippen LogP contribution in [0.15, 0.2) is 24.3 Å². The number of likely N-dealkylation sites (N-methyl/N-ethyl adjacent to an activating group) is 1. The van der Waals surface area contributed by atoms with Crippen LogP contribution in [0.2, 0.25) is 0 Å². The molecule has 0 saturated carbocycles. The largest absolute Gasteiger partial charge is 0.325 e. The Kier molecular flexibility index (Phi) is 5.34. The topological polar surface area (TPSA) is 56.1 Å². The minimum atomic E-state index is -0.0683. The first-order valence-corrected chi connectivity index (χ1v) is 5.96. The number of carbonyl (C=O) groups is 1. The molecule has 1 aromatic rings. The van der Waals surface area contributed by atoms with E-state index in [1.54, 1.807) is 0 Å². The Morgan fingerprint density at radius 2 is 2.17 bits per heavy atom. The molecular weight excluding hydrogens is 226 g/mol. The Bertz CT molecular complexity index is 451. The summed E-state index contributed by atoms with van der Waals surface area (Å²) < 4.78 is 0. The maximum absolute atomic E-state index is 11.8. The molecule has 4 nitrogen and oxygen atoms in total. The van der Waals surface area contributed by atoms with Gasteiger partial charge in [-0.1, -0.05) is 18.2 Å². The Morgan fingerprint density at radius 1 is 1.50 bits per heavy atom. The van der Waals surface area contributed by atoms with Gasteiger partial charge in [-0.25, -0.2) is 0 Å². The first-order chi connectivity index (χ1) is 8.52. The van der Waals surface area contributed by atoms with Crippen LogP contribution in [0.3, 0.4) is 0 Å². The predicted octanol–water partition coefficient (Wildman–Crippen LogP) is 2.02. The first kappa shape index (κ1) is 14.2. The maximum Gasteiger partial charge on any atom is 0.238 e. The van der Waals surface area contributed by atoms with Crippen molar-refractivity contribution in [1.29, 1.82) is 5.26 Å². The van der Waals surface area contributed by atoms with Gasteiger partial charge in [0.05, 0.1) is 18.5 Å². The summed E-state index contributed by atoms with van der Waals surface area (Å²) in [6.07, 6.45) is 0. The van der Waals surface area contributed by atoms with Crippen molar-refractivity contribution in [2.24, 2.45) is 5.92 Å². The molecule has 1 amide bonds. The van der Waals surface area contributed by atoms with Gasteiger partial charge in [-0.05, 0) is 32.5 Å². The van der Waals surface area contributed by atoms with Crippen LogP contribution < -0.4 is 5.32 Å². The second-order valence-electron chi connectivity index (χ2n) is 4.59.